The molecule has 0 saturated carbocycles. The summed E-state index contributed by atoms with van der Waals surface area (Å²) in [5.41, 5.74) is -4.42. The highest BCUT2D eigenvalue weighted by atomic mass is 19.4. The van der Waals surface area contributed by atoms with E-state index >= 15 is 0 Å². The van der Waals surface area contributed by atoms with Crippen molar-refractivity contribution in [2.45, 2.75) is 12.8 Å². The van der Waals surface area contributed by atoms with Gasteiger partial charge in [0, 0.05) is 0 Å². The number of carbonyl (C=O) groups is 2. The zero-order valence-electron chi connectivity index (χ0n) is 15.5. The molecule has 5 nitrogen and oxygen atoms in total. The molecule has 0 heterocycles. The van der Waals surface area contributed by atoms with Crippen LogP contribution in [0.3, 0.4) is 0 Å². The van der Waals surface area contributed by atoms with Gasteiger partial charge < -0.3 is 15.2 Å². The van der Waals surface area contributed by atoms with Crippen LogP contribution in [0.1, 0.15) is 6.42 Å². The fourth-order valence-corrected chi connectivity index (χ4v) is 2.94. The van der Waals surface area contributed by atoms with E-state index in [0.717, 1.165) is 24.3 Å². The topological polar surface area (TPSA) is 75.6 Å². The third kappa shape index (κ3) is 4.43. The number of nitrogens with one attached hydrogen (secondary N) is 1. The smallest absolute Gasteiger partial charge is 0.478 e. The third-order valence-electron chi connectivity index (χ3n) is 4.29. The summed E-state index contributed by atoms with van der Waals surface area (Å²) >= 11 is 0. The minimum absolute atomic E-state index is 0.152. The van der Waals surface area contributed by atoms with Gasteiger partial charge >= 0.3 is 12.3 Å². The molecule has 1 aliphatic rings. The molecule has 168 valence electrons. The summed E-state index contributed by atoms with van der Waals surface area (Å²) in [5, 5.41) is 10.6. The molecule has 2 N–H and O–H groups in total. The van der Waals surface area contributed by atoms with Crippen LogP contribution in [0, 0.1) is 23.3 Å². The van der Waals surface area contributed by atoms with Crippen molar-refractivity contribution in [1.29, 1.82) is 0 Å². The highest BCUT2D eigenvalue weighted by Gasteiger charge is 2.32. The normalized spacial score (nSPS) is 13.5. The molecule has 1 aliphatic carbocycles. The summed E-state index contributed by atoms with van der Waals surface area (Å²) in [6.45, 7) is 0. The molecule has 0 radical (unpaired) electrons. The summed E-state index contributed by atoms with van der Waals surface area (Å²) in [5.74, 6) is -11.8. The van der Waals surface area contributed by atoms with Gasteiger partial charge in [0.15, 0.2) is 23.3 Å². The lowest BCUT2D eigenvalue weighted by Gasteiger charge is -2.14. The molecule has 0 unspecified atom stereocenters. The lowest BCUT2D eigenvalue weighted by Crippen LogP contribution is -2.19. The van der Waals surface area contributed by atoms with Crippen LogP contribution in [-0.4, -0.2) is 23.3 Å². The van der Waals surface area contributed by atoms with Crippen molar-refractivity contribution >= 4 is 17.6 Å². The van der Waals surface area contributed by atoms with Crippen molar-refractivity contribution in [3.8, 4) is 16.9 Å². The second-order valence-corrected chi connectivity index (χ2v) is 6.34. The second-order valence-electron chi connectivity index (χ2n) is 6.34. The number of allylic oxidation sites excluding steroid dienone is 1. The van der Waals surface area contributed by atoms with Gasteiger partial charge in [0.25, 0.3) is 5.91 Å². The SMILES string of the molecule is O=C(O)C1=C(C(=O)Nc2c(F)c(F)c(-c3cccc(OC(F)(F)F)c3)c(F)c2F)C=CC1. The first-order valence-electron chi connectivity index (χ1n) is 8.57. The maximum absolute atomic E-state index is 14.6. The zero-order valence-corrected chi connectivity index (χ0v) is 15.5. The van der Waals surface area contributed by atoms with Crippen LogP contribution in [0.15, 0.2) is 47.6 Å². The van der Waals surface area contributed by atoms with Gasteiger partial charge in [-0.05, 0) is 24.1 Å². The standard InChI is InChI=1S/C20H10F7NO4/c21-13-12(8-3-1-4-9(7-8)32-20(25,26)27)14(22)16(24)17(15(13)23)28-18(29)10-5-2-6-11(10)19(30)31/h1-5,7H,6H2,(H,28,29)(H,30,31). The van der Waals surface area contributed by atoms with E-state index in [1.54, 1.807) is 5.32 Å². The number of aliphatic carboxylic acids is 1. The van der Waals surface area contributed by atoms with Gasteiger partial charge in [0.1, 0.15) is 11.4 Å². The van der Waals surface area contributed by atoms with E-state index in [4.69, 9.17) is 5.11 Å². The molecule has 2 aromatic carbocycles. The Bertz CT molecular complexity index is 1160. The first-order valence-corrected chi connectivity index (χ1v) is 8.57. The summed E-state index contributed by atoms with van der Waals surface area (Å²) in [6.07, 6.45) is -2.94. The first kappa shape index (κ1) is 22.8. The van der Waals surface area contributed by atoms with Gasteiger partial charge in [-0.25, -0.2) is 22.4 Å². The van der Waals surface area contributed by atoms with Gasteiger partial charge in [-0.3, -0.25) is 4.79 Å². The van der Waals surface area contributed by atoms with E-state index in [2.05, 4.69) is 4.74 Å². The molecule has 1 amide bonds. The van der Waals surface area contributed by atoms with Crippen molar-refractivity contribution in [3.63, 3.8) is 0 Å². The molecule has 0 spiro atoms. The molecule has 0 fully saturated rings. The predicted octanol–water partition coefficient (Wildman–Crippen LogP) is 5.09. The van der Waals surface area contributed by atoms with E-state index in [-0.39, 0.29) is 6.42 Å². The maximum Gasteiger partial charge on any atom is 0.573 e. The van der Waals surface area contributed by atoms with Crippen LogP contribution in [-0.2, 0) is 9.59 Å². The molecule has 12 heteroatoms. The number of alkyl halides is 3. The maximum atomic E-state index is 14.6. The van der Waals surface area contributed by atoms with Crippen molar-refractivity contribution in [2.24, 2.45) is 0 Å². The Morgan fingerprint density at radius 2 is 1.62 bits per heavy atom. The summed E-state index contributed by atoms with van der Waals surface area (Å²) < 4.78 is 98.9. The number of benzene rings is 2. The van der Waals surface area contributed by atoms with Crippen LogP contribution in [0.2, 0.25) is 0 Å². The van der Waals surface area contributed by atoms with E-state index in [1.807, 2.05) is 0 Å². The van der Waals surface area contributed by atoms with E-state index in [9.17, 15) is 40.3 Å². The zero-order chi connectivity index (χ0) is 23.8. The summed E-state index contributed by atoms with van der Waals surface area (Å²) in [4.78, 5) is 23.3. The molecule has 0 bridgehead atoms. The van der Waals surface area contributed by atoms with Crippen LogP contribution in [0.4, 0.5) is 36.4 Å². The van der Waals surface area contributed by atoms with Crippen LogP contribution < -0.4 is 10.1 Å². The van der Waals surface area contributed by atoms with E-state index in [1.165, 1.54) is 6.08 Å². The molecule has 32 heavy (non-hydrogen) atoms. The molecule has 0 aliphatic heterocycles. The molecular weight excluding hydrogens is 451 g/mol. The Kier molecular flexibility index (Phi) is 5.97. The highest BCUT2D eigenvalue weighted by molar-refractivity contribution is 6.11. The monoisotopic (exact) mass is 461 g/mol. The Labute approximate surface area is 174 Å². The quantitative estimate of drug-likeness (QED) is 0.481. The molecule has 2 aromatic rings. The van der Waals surface area contributed by atoms with Crippen LogP contribution in [0.25, 0.3) is 11.1 Å². The van der Waals surface area contributed by atoms with Gasteiger partial charge in [-0.2, -0.15) is 0 Å². The molecule has 3 rings (SSSR count). The summed E-state index contributed by atoms with van der Waals surface area (Å²) in [7, 11) is 0. The number of halogens is 7. The Morgan fingerprint density at radius 3 is 2.19 bits per heavy atom. The minimum Gasteiger partial charge on any atom is -0.478 e. The first-order chi connectivity index (χ1) is 14.9. The fourth-order valence-electron chi connectivity index (χ4n) is 2.94. The van der Waals surface area contributed by atoms with Gasteiger partial charge in [-0.1, -0.05) is 24.3 Å². The minimum atomic E-state index is -5.13. The number of ether oxygens (including phenoxy) is 1. The largest absolute Gasteiger partial charge is 0.573 e. The predicted molar refractivity (Wildman–Crippen MR) is 95.4 cm³/mol. The summed E-state index contributed by atoms with van der Waals surface area (Å²) in [6, 6.07) is 3.11. The van der Waals surface area contributed by atoms with Crippen molar-refractivity contribution in [3.05, 3.63) is 70.8 Å². The number of rotatable bonds is 5. The van der Waals surface area contributed by atoms with Crippen molar-refractivity contribution in [2.75, 3.05) is 5.32 Å². The lowest BCUT2D eigenvalue weighted by atomic mass is 10.0. The third-order valence-corrected chi connectivity index (χ3v) is 4.29. The molecular formula is C20H10F7NO4. The van der Waals surface area contributed by atoms with Crippen molar-refractivity contribution < 1.29 is 50.2 Å². The van der Waals surface area contributed by atoms with E-state index < -0.39 is 75.2 Å². The number of carboxylic acids is 1. The van der Waals surface area contributed by atoms with Crippen molar-refractivity contribution in [1.82, 2.24) is 0 Å². The Morgan fingerprint density at radius 1 is 1.00 bits per heavy atom. The number of hydrogen-bond acceptors (Lipinski definition) is 3. The fraction of sp³-hybridized carbons (Fsp3) is 0.100. The lowest BCUT2D eigenvalue weighted by molar-refractivity contribution is -0.274. The van der Waals surface area contributed by atoms with Gasteiger partial charge in [0.2, 0.25) is 0 Å². The average molecular weight is 461 g/mol. The van der Waals surface area contributed by atoms with Gasteiger partial charge in [-0.15, -0.1) is 13.2 Å². The van der Waals surface area contributed by atoms with E-state index in [0.29, 0.717) is 6.07 Å². The number of carbonyl (C=O) groups excluding carboxylic acids is 1. The average Bonchev–Trinajstić information content (AvgIpc) is 3.19. The number of hydrogen-bond donors (Lipinski definition) is 2. The Balaban J connectivity index is 2.04. The van der Waals surface area contributed by atoms with Crippen LogP contribution in [0.5, 0.6) is 5.75 Å². The molecule has 0 atom stereocenters. The van der Waals surface area contributed by atoms with Gasteiger partial charge in [0.05, 0.1) is 16.7 Å². The number of carboxylic acid groups (broad SMARTS) is 1. The molecule has 0 aromatic heterocycles. The Hall–Kier alpha value is -3.83. The molecule has 0 saturated heterocycles. The number of anilines is 1. The van der Waals surface area contributed by atoms with Crippen LogP contribution >= 0.6 is 0 Å². The highest BCUT2D eigenvalue weighted by Crippen LogP contribution is 2.37. The second kappa shape index (κ2) is 8.36. The number of amides is 1.